The van der Waals surface area contributed by atoms with Crippen LogP contribution in [-0.2, 0) is 12.0 Å². The first-order valence-electron chi connectivity index (χ1n) is 13.5. The largest absolute Gasteiger partial charge is 0.416 e. The Labute approximate surface area is 231 Å². The van der Waals surface area contributed by atoms with Crippen LogP contribution in [0.1, 0.15) is 33.3 Å². The maximum atomic E-state index is 6.06. The minimum atomic E-state index is 0.0899. The van der Waals surface area contributed by atoms with Crippen LogP contribution in [0.4, 0.5) is 0 Å². The van der Waals surface area contributed by atoms with Gasteiger partial charge in [0.05, 0.1) is 22.1 Å². The SMILES string of the molecule is CCn1c(-c2ccc(-c3nnc(-c4ccc(C(C)(C)C)cc4)o3)cc2)nc2c3cccnc3c3ncccc3c21. The highest BCUT2D eigenvalue weighted by atomic mass is 16.4. The zero-order valence-corrected chi connectivity index (χ0v) is 22.9. The molecule has 0 N–H and O–H groups in total. The molecule has 0 saturated carbocycles. The molecule has 196 valence electrons. The molecule has 0 aliphatic carbocycles. The van der Waals surface area contributed by atoms with Gasteiger partial charge in [-0.1, -0.05) is 45.0 Å². The molecule has 4 heterocycles. The van der Waals surface area contributed by atoms with Crippen LogP contribution in [0.2, 0.25) is 0 Å². The van der Waals surface area contributed by atoms with Crippen molar-refractivity contribution >= 4 is 32.8 Å². The van der Waals surface area contributed by atoms with E-state index < -0.39 is 0 Å². The van der Waals surface area contributed by atoms with Crippen LogP contribution in [0.3, 0.4) is 0 Å². The number of pyridine rings is 2. The summed E-state index contributed by atoms with van der Waals surface area (Å²) in [6.45, 7) is 9.51. The van der Waals surface area contributed by atoms with Crippen molar-refractivity contribution < 1.29 is 4.42 Å². The van der Waals surface area contributed by atoms with E-state index in [0.29, 0.717) is 11.8 Å². The average Bonchev–Trinajstić information content (AvgIpc) is 3.63. The van der Waals surface area contributed by atoms with Gasteiger partial charge < -0.3 is 8.98 Å². The lowest BCUT2D eigenvalue weighted by Crippen LogP contribution is -2.10. The maximum absolute atomic E-state index is 6.06. The topological polar surface area (TPSA) is 82.5 Å². The summed E-state index contributed by atoms with van der Waals surface area (Å²) >= 11 is 0. The van der Waals surface area contributed by atoms with E-state index in [1.807, 2.05) is 48.8 Å². The predicted octanol–water partition coefficient (Wildman–Crippen LogP) is 7.83. The smallest absolute Gasteiger partial charge is 0.248 e. The summed E-state index contributed by atoms with van der Waals surface area (Å²) in [6.07, 6.45) is 3.63. The fourth-order valence-electron chi connectivity index (χ4n) is 5.34. The average molecular weight is 525 g/mol. The minimum Gasteiger partial charge on any atom is -0.416 e. The van der Waals surface area contributed by atoms with Crippen molar-refractivity contribution in [1.29, 1.82) is 0 Å². The van der Waals surface area contributed by atoms with E-state index in [1.165, 1.54) is 5.56 Å². The third-order valence-electron chi connectivity index (χ3n) is 7.45. The highest BCUT2D eigenvalue weighted by Gasteiger charge is 2.20. The number of nitrogens with zero attached hydrogens (tertiary/aromatic N) is 6. The number of hydrogen-bond acceptors (Lipinski definition) is 6. The molecular weight excluding hydrogens is 496 g/mol. The molecule has 0 amide bonds. The monoisotopic (exact) mass is 524 g/mol. The Kier molecular flexibility index (Phi) is 5.49. The first kappa shape index (κ1) is 24.2. The first-order chi connectivity index (χ1) is 19.4. The van der Waals surface area contributed by atoms with Crippen LogP contribution >= 0.6 is 0 Å². The molecule has 0 radical (unpaired) electrons. The Balaban J connectivity index is 1.28. The lowest BCUT2D eigenvalue weighted by Gasteiger charge is -2.18. The molecule has 7 aromatic rings. The molecule has 0 fully saturated rings. The van der Waals surface area contributed by atoms with E-state index in [-0.39, 0.29) is 5.41 Å². The molecule has 4 aromatic heterocycles. The third-order valence-corrected chi connectivity index (χ3v) is 7.45. The van der Waals surface area contributed by atoms with E-state index in [9.17, 15) is 0 Å². The molecule has 40 heavy (non-hydrogen) atoms. The van der Waals surface area contributed by atoms with Crippen molar-refractivity contribution in [3.63, 3.8) is 0 Å². The van der Waals surface area contributed by atoms with E-state index in [0.717, 1.165) is 61.9 Å². The Hall–Kier alpha value is -4.91. The second-order valence-corrected chi connectivity index (χ2v) is 11.0. The van der Waals surface area contributed by atoms with Gasteiger partial charge in [0.15, 0.2) is 0 Å². The summed E-state index contributed by atoms with van der Waals surface area (Å²) in [7, 11) is 0. The number of aromatic nitrogens is 6. The van der Waals surface area contributed by atoms with E-state index in [1.54, 1.807) is 0 Å². The van der Waals surface area contributed by atoms with E-state index in [4.69, 9.17) is 9.40 Å². The zero-order valence-electron chi connectivity index (χ0n) is 22.9. The summed E-state index contributed by atoms with van der Waals surface area (Å²) in [6, 6.07) is 24.5. The van der Waals surface area contributed by atoms with Gasteiger partial charge in [0.25, 0.3) is 0 Å². The third kappa shape index (κ3) is 3.85. The van der Waals surface area contributed by atoms with Gasteiger partial charge in [0.1, 0.15) is 5.82 Å². The van der Waals surface area contributed by atoms with Crippen molar-refractivity contribution in [3.05, 3.63) is 90.8 Å². The number of rotatable bonds is 4. The number of fused-ring (bicyclic) bond motifs is 6. The molecule has 7 heteroatoms. The number of benzene rings is 3. The maximum Gasteiger partial charge on any atom is 0.248 e. The first-order valence-corrected chi connectivity index (χ1v) is 13.5. The summed E-state index contributed by atoms with van der Waals surface area (Å²) in [5, 5.41) is 10.7. The number of aryl methyl sites for hydroxylation is 1. The van der Waals surface area contributed by atoms with Crippen molar-refractivity contribution in [3.8, 4) is 34.3 Å². The second-order valence-electron chi connectivity index (χ2n) is 11.0. The molecule has 7 nitrogen and oxygen atoms in total. The molecule has 0 unspecified atom stereocenters. The highest BCUT2D eigenvalue weighted by Crippen LogP contribution is 2.36. The fourth-order valence-corrected chi connectivity index (χ4v) is 5.34. The normalized spacial score (nSPS) is 12.1. The van der Waals surface area contributed by atoms with Crippen molar-refractivity contribution in [1.82, 2.24) is 29.7 Å². The molecule has 0 bridgehead atoms. The summed E-state index contributed by atoms with van der Waals surface area (Å²) in [4.78, 5) is 14.5. The number of imidazole rings is 1. The minimum absolute atomic E-state index is 0.0899. The Morgan fingerprint density at radius 2 is 1.23 bits per heavy atom. The van der Waals surface area contributed by atoms with Crippen molar-refractivity contribution in [2.75, 3.05) is 0 Å². The molecule has 7 rings (SSSR count). The van der Waals surface area contributed by atoms with Gasteiger partial charge in [0.2, 0.25) is 11.8 Å². The van der Waals surface area contributed by atoms with Gasteiger partial charge in [-0.25, -0.2) is 4.98 Å². The van der Waals surface area contributed by atoms with E-state index in [2.05, 4.69) is 88.8 Å². The van der Waals surface area contributed by atoms with Gasteiger partial charge in [-0.05, 0) is 66.4 Å². The predicted molar refractivity (Wildman–Crippen MR) is 159 cm³/mol. The molecule has 3 aromatic carbocycles. The summed E-state index contributed by atoms with van der Waals surface area (Å²) in [5.74, 6) is 1.89. The lowest BCUT2D eigenvalue weighted by molar-refractivity contribution is 0.582. The van der Waals surface area contributed by atoms with Gasteiger partial charge in [0, 0.05) is 46.4 Å². The van der Waals surface area contributed by atoms with E-state index >= 15 is 0 Å². The van der Waals surface area contributed by atoms with Crippen LogP contribution < -0.4 is 0 Å². The molecule has 0 spiro atoms. The quantitative estimate of drug-likeness (QED) is 0.218. The Bertz CT molecular complexity index is 2010. The fraction of sp³-hybridized carbons (Fsp3) is 0.182. The molecule has 0 aliphatic rings. The zero-order chi connectivity index (χ0) is 27.4. The van der Waals surface area contributed by atoms with Gasteiger partial charge >= 0.3 is 0 Å². The molecule has 0 saturated heterocycles. The summed E-state index contributed by atoms with van der Waals surface area (Å²) in [5.41, 5.74) is 7.89. The van der Waals surface area contributed by atoms with Gasteiger partial charge in [-0.3, -0.25) is 9.97 Å². The van der Waals surface area contributed by atoms with Gasteiger partial charge in [-0.15, -0.1) is 10.2 Å². The van der Waals surface area contributed by atoms with Crippen LogP contribution in [-0.4, -0.2) is 29.7 Å². The van der Waals surface area contributed by atoms with Crippen LogP contribution in [0.15, 0.2) is 89.6 Å². The number of hydrogen-bond donors (Lipinski definition) is 0. The van der Waals surface area contributed by atoms with Crippen molar-refractivity contribution in [2.24, 2.45) is 0 Å². The molecule has 0 aliphatic heterocycles. The molecular formula is C33H28N6O. The van der Waals surface area contributed by atoms with Crippen LogP contribution in [0.25, 0.3) is 67.1 Å². The second kappa shape index (κ2) is 9.09. The lowest BCUT2D eigenvalue weighted by atomic mass is 9.87. The highest BCUT2D eigenvalue weighted by molar-refractivity contribution is 6.21. The van der Waals surface area contributed by atoms with Crippen LogP contribution in [0, 0.1) is 0 Å². The van der Waals surface area contributed by atoms with Gasteiger partial charge in [-0.2, -0.15) is 0 Å². The Morgan fingerprint density at radius 3 is 1.82 bits per heavy atom. The standard InChI is InChI=1S/C33H28N6O/c1-5-39-29-25-9-7-19-35-27(25)26-24(8-6-18-34-26)28(29)36-30(39)20-10-12-21(13-11-20)31-37-38-32(40-31)22-14-16-23(17-15-22)33(2,3)4/h6-19H,5H2,1-4H3. The van der Waals surface area contributed by atoms with Crippen molar-refractivity contribution in [2.45, 2.75) is 39.7 Å². The molecule has 0 atom stereocenters. The summed E-state index contributed by atoms with van der Waals surface area (Å²) < 4.78 is 8.32. The Morgan fingerprint density at radius 1 is 0.675 bits per heavy atom. The van der Waals surface area contributed by atoms with Crippen LogP contribution in [0.5, 0.6) is 0 Å².